The number of aromatic nitrogens is 2. The molecule has 1 amide bonds. The first-order valence-corrected chi connectivity index (χ1v) is 7.61. The summed E-state index contributed by atoms with van der Waals surface area (Å²) in [4.78, 5) is 20.8. The van der Waals surface area contributed by atoms with Crippen LogP contribution in [0.25, 0.3) is 0 Å². The Balaban J connectivity index is 1.64. The second-order valence-corrected chi connectivity index (χ2v) is 5.76. The van der Waals surface area contributed by atoms with Crippen molar-refractivity contribution in [1.29, 1.82) is 0 Å². The van der Waals surface area contributed by atoms with E-state index in [-0.39, 0.29) is 5.91 Å². The SMILES string of the molecule is Cc1nsc(N2CCN(C(=O)c3cccc(N)c3)CC2)n1. The largest absolute Gasteiger partial charge is 0.399 e. The Morgan fingerprint density at radius 2 is 2.05 bits per heavy atom. The van der Waals surface area contributed by atoms with Gasteiger partial charge < -0.3 is 15.5 Å². The van der Waals surface area contributed by atoms with Crippen LogP contribution in [0.5, 0.6) is 0 Å². The number of carbonyl (C=O) groups is 1. The van der Waals surface area contributed by atoms with Gasteiger partial charge in [-0.2, -0.15) is 4.37 Å². The van der Waals surface area contributed by atoms with Crippen molar-refractivity contribution in [2.24, 2.45) is 0 Å². The second kappa shape index (κ2) is 5.69. The summed E-state index contributed by atoms with van der Waals surface area (Å²) < 4.78 is 4.20. The van der Waals surface area contributed by atoms with Gasteiger partial charge in [-0.05, 0) is 25.1 Å². The number of piperazine rings is 1. The molecule has 3 rings (SSSR count). The molecule has 1 aliphatic rings. The first kappa shape index (κ1) is 13.8. The highest BCUT2D eigenvalue weighted by atomic mass is 32.1. The van der Waals surface area contributed by atoms with Crippen LogP contribution in [0.1, 0.15) is 16.2 Å². The van der Waals surface area contributed by atoms with Crippen LogP contribution in [0.2, 0.25) is 0 Å². The summed E-state index contributed by atoms with van der Waals surface area (Å²) in [5, 5.41) is 0.934. The molecule has 0 atom stereocenters. The number of carbonyl (C=O) groups excluding carboxylic acids is 1. The molecule has 0 unspecified atom stereocenters. The Morgan fingerprint density at radius 1 is 1.29 bits per heavy atom. The van der Waals surface area contributed by atoms with Crippen molar-refractivity contribution in [3.05, 3.63) is 35.7 Å². The van der Waals surface area contributed by atoms with E-state index < -0.39 is 0 Å². The maximum absolute atomic E-state index is 12.4. The third-order valence-electron chi connectivity index (χ3n) is 3.49. The molecule has 1 aromatic heterocycles. The molecule has 1 aliphatic heterocycles. The van der Waals surface area contributed by atoms with Gasteiger partial charge in [0.1, 0.15) is 5.82 Å². The lowest BCUT2D eigenvalue weighted by Crippen LogP contribution is -2.48. The highest BCUT2D eigenvalue weighted by Crippen LogP contribution is 2.19. The monoisotopic (exact) mass is 303 g/mol. The maximum atomic E-state index is 12.4. The van der Waals surface area contributed by atoms with E-state index in [1.165, 1.54) is 11.5 Å². The fourth-order valence-corrected chi connectivity index (χ4v) is 3.10. The predicted octanol–water partition coefficient (Wildman–Crippen LogP) is 1.39. The number of hydrogen-bond donors (Lipinski definition) is 1. The normalized spacial score (nSPS) is 15.3. The minimum atomic E-state index is 0.0374. The second-order valence-electron chi connectivity index (χ2n) is 5.03. The molecule has 0 bridgehead atoms. The van der Waals surface area contributed by atoms with E-state index in [2.05, 4.69) is 14.3 Å². The molecular weight excluding hydrogens is 286 g/mol. The van der Waals surface area contributed by atoms with Gasteiger partial charge in [0, 0.05) is 49.0 Å². The van der Waals surface area contributed by atoms with Gasteiger partial charge in [-0.1, -0.05) is 6.07 Å². The zero-order valence-electron chi connectivity index (χ0n) is 11.8. The first-order valence-electron chi connectivity index (χ1n) is 6.83. The third kappa shape index (κ3) is 2.97. The molecular formula is C14H17N5OS. The number of benzene rings is 1. The number of aryl methyl sites for hydroxylation is 1. The van der Waals surface area contributed by atoms with Gasteiger partial charge in [0.2, 0.25) is 5.13 Å². The molecule has 21 heavy (non-hydrogen) atoms. The molecule has 110 valence electrons. The average molecular weight is 303 g/mol. The van der Waals surface area contributed by atoms with Crippen LogP contribution in [0.15, 0.2) is 24.3 Å². The predicted molar refractivity (Wildman–Crippen MR) is 83.6 cm³/mol. The van der Waals surface area contributed by atoms with Gasteiger partial charge in [0.05, 0.1) is 0 Å². The molecule has 1 aromatic carbocycles. The minimum Gasteiger partial charge on any atom is -0.399 e. The highest BCUT2D eigenvalue weighted by molar-refractivity contribution is 7.09. The smallest absolute Gasteiger partial charge is 0.254 e. The lowest BCUT2D eigenvalue weighted by Gasteiger charge is -2.34. The van der Waals surface area contributed by atoms with Crippen molar-refractivity contribution in [2.75, 3.05) is 36.8 Å². The molecule has 2 heterocycles. The summed E-state index contributed by atoms with van der Waals surface area (Å²) >= 11 is 1.41. The van der Waals surface area contributed by atoms with Crippen molar-refractivity contribution < 1.29 is 4.79 Å². The summed E-state index contributed by atoms with van der Waals surface area (Å²) in [7, 11) is 0. The Hall–Kier alpha value is -2.15. The number of nitrogen functional groups attached to an aromatic ring is 1. The van der Waals surface area contributed by atoms with Gasteiger partial charge in [0.15, 0.2) is 0 Å². The van der Waals surface area contributed by atoms with E-state index in [9.17, 15) is 4.79 Å². The van der Waals surface area contributed by atoms with Crippen LogP contribution in [0.3, 0.4) is 0 Å². The van der Waals surface area contributed by atoms with Crippen LogP contribution in [-0.2, 0) is 0 Å². The van der Waals surface area contributed by atoms with Crippen LogP contribution in [0.4, 0.5) is 10.8 Å². The maximum Gasteiger partial charge on any atom is 0.254 e. The lowest BCUT2D eigenvalue weighted by atomic mass is 10.1. The fourth-order valence-electron chi connectivity index (χ4n) is 2.37. The van der Waals surface area contributed by atoms with E-state index in [4.69, 9.17) is 5.73 Å². The Morgan fingerprint density at radius 3 is 2.67 bits per heavy atom. The number of amides is 1. The Kier molecular flexibility index (Phi) is 3.74. The van der Waals surface area contributed by atoms with Gasteiger partial charge in [-0.3, -0.25) is 4.79 Å². The molecule has 1 fully saturated rings. The molecule has 6 nitrogen and oxygen atoms in total. The van der Waals surface area contributed by atoms with Crippen molar-refractivity contribution in [3.63, 3.8) is 0 Å². The minimum absolute atomic E-state index is 0.0374. The molecule has 0 radical (unpaired) electrons. The summed E-state index contributed by atoms with van der Waals surface area (Å²) in [6.07, 6.45) is 0. The summed E-state index contributed by atoms with van der Waals surface area (Å²) in [6.45, 7) is 4.82. The Bertz CT molecular complexity index is 648. The van der Waals surface area contributed by atoms with Crippen molar-refractivity contribution in [1.82, 2.24) is 14.3 Å². The van der Waals surface area contributed by atoms with Crippen molar-refractivity contribution >= 4 is 28.3 Å². The van der Waals surface area contributed by atoms with E-state index in [0.717, 1.165) is 24.0 Å². The topological polar surface area (TPSA) is 75.4 Å². The number of nitrogens with zero attached hydrogens (tertiary/aromatic N) is 4. The summed E-state index contributed by atoms with van der Waals surface area (Å²) in [5.41, 5.74) is 7.00. The zero-order valence-corrected chi connectivity index (χ0v) is 12.6. The molecule has 0 spiro atoms. The van der Waals surface area contributed by atoms with E-state index in [1.807, 2.05) is 17.9 Å². The van der Waals surface area contributed by atoms with Crippen LogP contribution >= 0.6 is 11.5 Å². The van der Waals surface area contributed by atoms with Gasteiger partial charge >= 0.3 is 0 Å². The van der Waals surface area contributed by atoms with Gasteiger partial charge in [-0.15, -0.1) is 0 Å². The molecule has 0 saturated carbocycles. The standard InChI is InChI=1S/C14H17N5OS/c1-10-16-14(21-17-10)19-7-5-18(6-8-19)13(20)11-3-2-4-12(15)9-11/h2-4,9H,5-8,15H2,1H3. The number of nitrogens with two attached hydrogens (primary N) is 1. The summed E-state index contributed by atoms with van der Waals surface area (Å²) in [5.74, 6) is 0.837. The van der Waals surface area contributed by atoms with Gasteiger partial charge in [0.25, 0.3) is 5.91 Å². The molecule has 2 aromatic rings. The molecule has 7 heteroatoms. The van der Waals surface area contributed by atoms with Gasteiger partial charge in [-0.25, -0.2) is 4.98 Å². The lowest BCUT2D eigenvalue weighted by molar-refractivity contribution is 0.0747. The molecule has 1 saturated heterocycles. The molecule has 0 aliphatic carbocycles. The van der Waals surface area contributed by atoms with Crippen LogP contribution in [-0.4, -0.2) is 46.3 Å². The number of rotatable bonds is 2. The van der Waals surface area contributed by atoms with Crippen LogP contribution < -0.4 is 10.6 Å². The first-order chi connectivity index (χ1) is 10.1. The quantitative estimate of drug-likeness (QED) is 0.849. The third-order valence-corrected chi connectivity index (χ3v) is 4.36. The number of anilines is 2. The van der Waals surface area contributed by atoms with Crippen LogP contribution in [0, 0.1) is 6.92 Å². The van der Waals surface area contributed by atoms with E-state index >= 15 is 0 Å². The van der Waals surface area contributed by atoms with E-state index in [1.54, 1.807) is 18.2 Å². The van der Waals surface area contributed by atoms with E-state index in [0.29, 0.717) is 24.3 Å². The number of hydrogen-bond acceptors (Lipinski definition) is 6. The fraction of sp³-hybridized carbons (Fsp3) is 0.357. The average Bonchev–Trinajstić information content (AvgIpc) is 2.93. The summed E-state index contributed by atoms with van der Waals surface area (Å²) in [6, 6.07) is 7.12. The van der Waals surface area contributed by atoms with Crippen molar-refractivity contribution in [2.45, 2.75) is 6.92 Å². The molecule has 2 N–H and O–H groups in total. The highest BCUT2D eigenvalue weighted by Gasteiger charge is 2.23. The Labute approximate surface area is 127 Å². The zero-order chi connectivity index (χ0) is 14.8. The van der Waals surface area contributed by atoms with Crippen molar-refractivity contribution in [3.8, 4) is 0 Å².